The minimum absolute atomic E-state index is 0.0107. The maximum atomic E-state index is 14.7. The molecular formula is C61H92N4O17. The first-order valence-corrected chi connectivity index (χ1v) is 29.4. The van der Waals surface area contributed by atoms with Crippen LogP contribution in [0.3, 0.4) is 0 Å². The zero-order valence-electron chi connectivity index (χ0n) is 50.4. The molecule has 15 atom stereocenters. The Morgan fingerprint density at radius 2 is 1.56 bits per heavy atom. The van der Waals surface area contributed by atoms with Crippen LogP contribution in [0.5, 0.6) is 0 Å². The molecule has 3 aliphatic heterocycles. The van der Waals surface area contributed by atoms with E-state index in [0.717, 1.165) is 5.57 Å². The fourth-order valence-electron chi connectivity index (χ4n) is 11.8. The highest BCUT2D eigenvalue weighted by molar-refractivity contribution is 6.39. The number of piperidine rings is 1. The molecule has 3 fully saturated rings. The number of carbonyl (C=O) groups is 7. The highest BCUT2D eigenvalue weighted by Gasteiger charge is 2.53. The standard InChI is InChI=1S/C61H92N4O17/c1-13-78-59(72)51-52(60(73)79-14-2)65(63-62-51)28-29-80-47-26-24-43(33-50(47)76-11)32-39(6)49-35-46(66)38(5)31-41(8)54(68)55(77-12)53(67)40(7)30-36(3)20-16-15-17-21-37(4)48(75-10)34-44-25-23-42(9)61(74,82-44)56(69)57(70)64-27-19-18-22-45(64)58(71)81-49/h15-17,20-21,31,36,38-40,42-45,47-50,54-55,68,74H,13-14,18-19,22-30,32-35H2,1-12H3/b17-15+,20-16-,37-21+,41-31+/t36-,38-,39-,40-,42-,43-,44+,45+,47-,48+,49+,50-,54-,55+,61-/m1/s1. The number of carbonyl (C=O) groups excluding carboxylic acids is 7. The first-order chi connectivity index (χ1) is 39.0. The van der Waals surface area contributed by atoms with Crippen molar-refractivity contribution in [1.82, 2.24) is 19.9 Å². The maximum Gasteiger partial charge on any atom is 0.361 e. The summed E-state index contributed by atoms with van der Waals surface area (Å²) in [4.78, 5) is 98.5. The van der Waals surface area contributed by atoms with Crippen molar-refractivity contribution in [3.8, 4) is 0 Å². The van der Waals surface area contributed by atoms with Crippen molar-refractivity contribution in [2.45, 2.75) is 200 Å². The Morgan fingerprint density at radius 1 is 0.841 bits per heavy atom. The number of amides is 1. The minimum Gasteiger partial charge on any atom is -0.461 e. The third kappa shape index (κ3) is 17.6. The molecule has 4 heterocycles. The third-order valence-electron chi connectivity index (χ3n) is 16.8. The number of cyclic esters (lactones) is 1. The van der Waals surface area contributed by atoms with Crippen LogP contribution in [0.2, 0.25) is 0 Å². The van der Waals surface area contributed by atoms with Crippen LogP contribution in [0.4, 0.5) is 0 Å². The molecule has 0 radical (unpaired) electrons. The molecule has 4 aliphatic rings. The first kappa shape index (κ1) is 67.5. The normalized spacial score (nSPS) is 34.3. The fraction of sp³-hybridized carbons (Fsp3) is 0.721. The number of Topliss-reactive ketones (excluding diaryl/α,β-unsaturated/α-hetero) is 3. The molecule has 1 aromatic heterocycles. The number of esters is 3. The Morgan fingerprint density at radius 3 is 2.24 bits per heavy atom. The molecule has 2 N–H and O–H groups in total. The number of aliphatic hydroxyl groups is 2. The number of hydrogen-bond donors (Lipinski definition) is 2. The smallest absolute Gasteiger partial charge is 0.361 e. The molecule has 1 aliphatic carbocycles. The molecule has 21 heteroatoms. The average Bonchev–Trinajstić information content (AvgIpc) is 3.89. The monoisotopic (exact) mass is 1150 g/mol. The summed E-state index contributed by atoms with van der Waals surface area (Å²) in [6.45, 7) is 16.2. The Hall–Kier alpha value is -5.29. The number of nitrogens with zero attached hydrogens (tertiary/aromatic N) is 4. The van der Waals surface area contributed by atoms with Gasteiger partial charge >= 0.3 is 17.9 Å². The van der Waals surface area contributed by atoms with E-state index in [1.54, 1.807) is 61.8 Å². The zero-order valence-corrected chi connectivity index (χ0v) is 50.4. The second kappa shape index (κ2) is 32.1. The summed E-state index contributed by atoms with van der Waals surface area (Å²) in [6, 6.07) is -1.20. The highest BCUT2D eigenvalue weighted by Crippen LogP contribution is 2.38. The lowest BCUT2D eigenvalue weighted by Crippen LogP contribution is -2.61. The lowest BCUT2D eigenvalue weighted by molar-refractivity contribution is -0.265. The summed E-state index contributed by atoms with van der Waals surface area (Å²) in [5, 5.41) is 31.6. The predicted octanol–water partition coefficient (Wildman–Crippen LogP) is 6.85. The maximum absolute atomic E-state index is 14.7. The Balaban J connectivity index is 1.41. The Kier molecular flexibility index (Phi) is 26.4. The Bertz CT molecular complexity index is 2470. The number of methoxy groups -OCH3 is 3. The average molecular weight is 1150 g/mol. The number of ketones is 3. The SMILES string of the molecule is CCOC(=O)c1nnn(CCO[C@@H]2CC[C@H](C[C@@H](C)[C@@H]3CC(=O)[C@H](C)/C=C(\C)[C@@H](O)[C@@H](OC)C(=O)[C@H](C)C[C@H](C)\C=C/C=C/C=C(\C)[C@@H](OC)C[C@@H]4CC[C@@H](C)[C@@](O)(O4)C(=O)C(=O)N4CCCC[C@H]4C(=O)O3)C[C@H]2OC)c1C(=O)OCC. The van der Waals surface area contributed by atoms with Gasteiger partial charge < -0.3 is 53.0 Å². The van der Waals surface area contributed by atoms with Crippen molar-refractivity contribution in [3.63, 3.8) is 0 Å². The second-order valence-corrected chi connectivity index (χ2v) is 22.9. The van der Waals surface area contributed by atoms with Crippen LogP contribution in [0, 0.1) is 35.5 Å². The summed E-state index contributed by atoms with van der Waals surface area (Å²) in [5.41, 5.74) is 0.820. The van der Waals surface area contributed by atoms with E-state index in [4.69, 9.17) is 37.9 Å². The molecular weight excluding hydrogens is 1060 g/mol. The lowest BCUT2D eigenvalue weighted by atomic mass is 9.78. The van der Waals surface area contributed by atoms with Crippen LogP contribution >= 0.6 is 0 Å². The van der Waals surface area contributed by atoms with E-state index in [1.807, 2.05) is 51.2 Å². The summed E-state index contributed by atoms with van der Waals surface area (Å²) >= 11 is 0. The summed E-state index contributed by atoms with van der Waals surface area (Å²) < 4.78 is 47.8. The lowest BCUT2D eigenvalue weighted by Gasteiger charge is -2.42. The van der Waals surface area contributed by atoms with Gasteiger partial charge in [0, 0.05) is 58.5 Å². The van der Waals surface area contributed by atoms with Crippen molar-refractivity contribution >= 4 is 41.2 Å². The van der Waals surface area contributed by atoms with Crippen LogP contribution in [0.15, 0.2) is 47.6 Å². The van der Waals surface area contributed by atoms with E-state index in [0.29, 0.717) is 63.4 Å². The molecule has 1 saturated carbocycles. The molecule has 21 nitrogen and oxygen atoms in total. The molecule has 0 spiro atoms. The highest BCUT2D eigenvalue weighted by atomic mass is 16.6. The van der Waals surface area contributed by atoms with Gasteiger partial charge in [-0.05, 0) is 121 Å². The van der Waals surface area contributed by atoms with Crippen molar-refractivity contribution in [1.29, 1.82) is 0 Å². The van der Waals surface area contributed by atoms with E-state index in [-0.39, 0.29) is 99.2 Å². The summed E-state index contributed by atoms with van der Waals surface area (Å²) in [6.07, 6.45) is 10.7. The van der Waals surface area contributed by atoms with Crippen LogP contribution in [-0.4, -0.2) is 174 Å². The van der Waals surface area contributed by atoms with Crippen LogP contribution in [0.25, 0.3) is 0 Å². The number of aromatic nitrogens is 3. The molecule has 0 aromatic carbocycles. The van der Waals surface area contributed by atoms with Crippen molar-refractivity contribution in [2.75, 3.05) is 47.7 Å². The molecule has 1 aromatic rings. The number of hydrogen-bond acceptors (Lipinski definition) is 19. The third-order valence-corrected chi connectivity index (χ3v) is 16.8. The van der Waals surface area contributed by atoms with Crippen molar-refractivity contribution in [2.24, 2.45) is 35.5 Å². The van der Waals surface area contributed by atoms with Crippen LogP contribution < -0.4 is 0 Å². The van der Waals surface area contributed by atoms with E-state index in [9.17, 15) is 43.8 Å². The van der Waals surface area contributed by atoms with Crippen LogP contribution in [-0.2, 0) is 68.4 Å². The molecule has 0 unspecified atom stereocenters. The number of allylic oxidation sites excluding steroid dienone is 6. The van der Waals surface area contributed by atoms with E-state index in [1.165, 1.54) is 16.7 Å². The molecule has 82 heavy (non-hydrogen) atoms. The molecule has 458 valence electrons. The number of rotatable bonds is 14. The molecule has 2 saturated heterocycles. The van der Waals surface area contributed by atoms with E-state index >= 15 is 0 Å². The molecule has 5 rings (SSSR count). The van der Waals surface area contributed by atoms with Gasteiger partial charge in [-0.15, -0.1) is 5.10 Å². The summed E-state index contributed by atoms with van der Waals surface area (Å²) in [5.74, 6) is -10.1. The van der Waals surface area contributed by atoms with Gasteiger partial charge in [0.05, 0.1) is 50.8 Å². The quantitative estimate of drug-likeness (QED) is 0.0834. The first-order valence-electron chi connectivity index (χ1n) is 29.4. The van der Waals surface area contributed by atoms with Gasteiger partial charge in [-0.25, -0.2) is 19.1 Å². The van der Waals surface area contributed by atoms with Gasteiger partial charge in [0.15, 0.2) is 11.5 Å². The topological polar surface area (TPSA) is 268 Å². The number of aliphatic hydroxyl groups excluding tert-OH is 1. The van der Waals surface area contributed by atoms with Gasteiger partial charge in [-0.3, -0.25) is 19.2 Å². The van der Waals surface area contributed by atoms with Gasteiger partial charge in [-0.2, -0.15) is 0 Å². The number of ether oxygens (including phenoxy) is 8. The van der Waals surface area contributed by atoms with Crippen LogP contribution in [0.1, 0.15) is 160 Å². The molecule has 1 amide bonds. The zero-order chi connectivity index (χ0) is 60.4. The van der Waals surface area contributed by atoms with E-state index in [2.05, 4.69) is 10.3 Å². The molecule has 2 bridgehead atoms. The van der Waals surface area contributed by atoms with Gasteiger partial charge in [0.25, 0.3) is 11.7 Å². The largest absolute Gasteiger partial charge is 0.461 e. The Labute approximate surface area is 483 Å². The van der Waals surface area contributed by atoms with E-state index < -0.39 is 95.6 Å². The van der Waals surface area contributed by atoms with Crippen molar-refractivity contribution in [3.05, 3.63) is 59.0 Å². The summed E-state index contributed by atoms with van der Waals surface area (Å²) in [7, 11) is 4.52. The fourth-order valence-corrected chi connectivity index (χ4v) is 11.8. The van der Waals surface area contributed by atoms with Gasteiger partial charge in [0.2, 0.25) is 11.5 Å². The predicted molar refractivity (Wildman–Crippen MR) is 301 cm³/mol. The second-order valence-electron chi connectivity index (χ2n) is 22.9. The van der Waals surface area contributed by atoms with Gasteiger partial charge in [-0.1, -0.05) is 76.3 Å². The minimum atomic E-state index is -2.47. The number of fused-ring (bicyclic) bond motifs is 3. The van der Waals surface area contributed by atoms with Gasteiger partial charge in [0.1, 0.15) is 30.1 Å². The van der Waals surface area contributed by atoms with Crippen molar-refractivity contribution < 1.29 is 81.7 Å².